The predicted molar refractivity (Wildman–Crippen MR) is 277 cm³/mol. The molecule has 370 valence electrons. The van der Waals surface area contributed by atoms with Crippen molar-refractivity contribution in [3.63, 3.8) is 0 Å². The Kier molecular flexibility index (Phi) is 15.2. The van der Waals surface area contributed by atoms with Crippen molar-refractivity contribution in [3.8, 4) is 35.3 Å². The number of rotatable bonds is 10. The van der Waals surface area contributed by atoms with Gasteiger partial charge in [0.15, 0.2) is 28.6 Å². The van der Waals surface area contributed by atoms with Crippen LogP contribution in [0.3, 0.4) is 0 Å². The topological polar surface area (TPSA) is 266 Å². The Bertz CT molecular complexity index is 3830. The first-order valence-corrected chi connectivity index (χ1v) is 26.0. The number of hydrogen-bond acceptors (Lipinski definition) is 12. The highest BCUT2D eigenvalue weighted by Crippen LogP contribution is 2.26. The number of carbonyl (C=O) groups is 1. The third kappa shape index (κ3) is 11.8. The van der Waals surface area contributed by atoms with E-state index < -0.39 is 14.0 Å². The van der Waals surface area contributed by atoms with Crippen molar-refractivity contribution >= 4 is 58.8 Å². The maximum Gasteiger partial charge on any atom is 0.315 e. The molecule has 0 fully saturated rings. The SMILES string of the molecule is C#Cc1nc(-c2nn(Cc3ccccc3F)c3ncccc23)n[nH]1.C[Si](C)(C)C#CC(=O)N/N=C(\N)c1nn(Cc2ccccc2F)c2ncccc12.N/N=C(\N)c1nn(Cc2ccccc2F)c2ncccc12. The zero-order chi connectivity index (χ0) is 52.4. The number of nitrogens with one attached hydrogen (secondary N) is 2. The molecule has 7 heterocycles. The lowest BCUT2D eigenvalue weighted by Crippen LogP contribution is -2.24. The Labute approximate surface area is 421 Å². The van der Waals surface area contributed by atoms with E-state index in [0.29, 0.717) is 67.7 Å². The Morgan fingerprint density at radius 1 is 0.662 bits per heavy atom. The van der Waals surface area contributed by atoms with Crippen molar-refractivity contribution in [2.75, 3.05) is 0 Å². The number of hydrazone groups is 2. The number of halogens is 3. The van der Waals surface area contributed by atoms with Crippen LogP contribution in [0.25, 0.3) is 44.6 Å². The van der Waals surface area contributed by atoms with Gasteiger partial charge in [-0.3, -0.25) is 9.89 Å². The minimum absolute atomic E-state index is 0.0124. The number of nitrogens with two attached hydrogens (primary N) is 3. The molecule has 0 atom stereocenters. The Morgan fingerprint density at radius 3 is 1.55 bits per heavy atom. The van der Waals surface area contributed by atoms with E-state index in [4.69, 9.17) is 23.7 Å². The molecule has 0 saturated carbocycles. The van der Waals surface area contributed by atoms with Crippen molar-refractivity contribution in [3.05, 3.63) is 179 Å². The molecule has 0 aliphatic carbocycles. The third-order valence-electron chi connectivity index (χ3n) is 10.6. The Morgan fingerprint density at radius 2 is 1.11 bits per heavy atom. The van der Waals surface area contributed by atoms with Crippen molar-refractivity contribution in [2.45, 2.75) is 39.3 Å². The summed E-state index contributed by atoms with van der Waals surface area (Å²) >= 11 is 0. The highest BCUT2D eigenvalue weighted by atomic mass is 28.3. The molecular weight excluding hydrogens is 966 g/mol. The van der Waals surface area contributed by atoms with Gasteiger partial charge in [0.25, 0.3) is 0 Å². The first-order valence-electron chi connectivity index (χ1n) is 22.5. The number of amides is 1. The van der Waals surface area contributed by atoms with Gasteiger partial charge >= 0.3 is 5.91 Å². The molecule has 0 aliphatic heterocycles. The molecule has 74 heavy (non-hydrogen) atoms. The van der Waals surface area contributed by atoms with Crippen LogP contribution in [0.5, 0.6) is 0 Å². The van der Waals surface area contributed by atoms with Gasteiger partial charge in [-0.25, -0.2) is 47.6 Å². The number of aromatic amines is 1. The summed E-state index contributed by atoms with van der Waals surface area (Å²) in [5, 5.41) is 29.6. The number of hydrogen-bond donors (Lipinski definition) is 5. The van der Waals surface area contributed by atoms with Crippen molar-refractivity contribution in [1.29, 1.82) is 0 Å². The number of nitrogens with zero attached hydrogens (tertiary/aromatic N) is 13. The second-order valence-electron chi connectivity index (χ2n) is 17.0. The maximum atomic E-state index is 14.0. The summed E-state index contributed by atoms with van der Waals surface area (Å²) in [6, 6.07) is 30.3. The number of aromatic nitrogens is 12. The summed E-state index contributed by atoms with van der Waals surface area (Å²) in [7, 11) is -1.67. The number of H-pyrrole nitrogens is 1. The molecule has 23 heteroatoms. The van der Waals surface area contributed by atoms with Crippen LogP contribution in [0.2, 0.25) is 19.6 Å². The van der Waals surface area contributed by atoms with Crippen molar-refractivity contribution < 1.29 is 18.0 Å². The lowest BCUT2D eigenvalue weighted by Gasteiger charge is -2.04. The Hall–Kier alpha value is -10.0. The van der Waals surface area contributed by atoms with Crippen molar-refractivity contribution in [1.82, 2.24) is 64.9 Å². The molecule has 0 bridgehead atoms. The number of terminal acetylenes is 1. The van der Waals surface area contributed by atoms with Crippen LogP contribution in [0.4, 0.5) is 13.2 Å². The fourth-order valence-corrected chi connectivity index (χ4v) is 7.68. The molecule has 1 amide bonds. The molecule has 7 aromatic heterocycles. The van der Waals surface area contributed by atoms with Crippen LogP contribution >= 0.6 is 0 Å². The van der Waals surface area contributed by atoms with Crippen LogP contribution in [0, 0.1) is 41.3 Å². The van der Waals surface area contributed by atoms with E-state index >= 15 is 0 Å². The van der Waals surface area contributed by atoms with E-state index in [-0.39, 0.29) is 48.8 Å². The number of amidine groups is 2. The van der Waals surface area contributed by atoms with Gasteiger partial charge in [0.05, 0.1) is 35.8 Å². The van der Waals surface area contributed by atoms with Crippen LogP contribution in [-0.4, -0.2) is 85.1 Å². The zero-order valence-electron chi connectivity index (χ0n) is 39.9. The number of benzene rings is 3. The van der Waals surface area contributed by atoms with E-state index in [1.807, 2.05) is 31.8 Å². The molecule has 0 spiro atoms. The number of carbonyl (C=O) groups excluding carboxylic acids is 1. The molecule has 0 radical (unpaired) electrons. The first-order chi connectivity index (χ1) is 35.7. The van der Waals surface area contributed by atoms with Crippen LogP contribution < -0.4 is 22.7 Å². The summed E-state index contributed by atoms with van der Waals surface area (Å²) in [5.74, 6) is 9.52. The van der Waals surface area contributed by atoms with E-state index in [0.717, 1.165) is 10.8 Å². The molecule has 3 aromatic carbocycles. The summed E-state index contributed by atoms with van der Waals surface area (Å²) < 4.78 is 46.5. The summed E-state index contributed by atoms with van der Waals surface area (Å²) in [6.07, 6.45) is 10.2. The molecule has 0 unspecified atom stereocenters. The normalized spacial score (nSPS) is 11.5. The Balaban J connectivity index is 0.000000150. The first kappa shape index (κ1) is 50.4. The van der Waals surface area contributed by atoms with Gasteiger partial charge in [0.2, 0.25) is 11.6 Å². The number of pyridine rings is 3. The van der Waals surface area contributed by atoms with E-state index in [1.165, 1.54) is 18.2 Å². The molecule has 19 nitrogen and oxygen atoms in total. The lowest BCUT2D eigenvalue weighted by atomic mass is 10.2. The van der Waals surface area contributed by atoms with Crippen molar-refractivity contribution in [2.24, 2.45) is 27.5 Å². The third-order valence-corrected chi connectivity index (χ3v) is 11.5. The second-order valence-corrected chi connectivity index (χ2v) is 21.8. The summed E-state index contributed by atoms with van der Waals surface area (Å²) in [5.41, 5.74) is 21.7. The van der Waals surface area contributed by atoms with Crippen LogP contribution in [0.15, 0.2) is 138 Å². The standard InChI is InChI=1S/C20H21FN6OSi.C17H11FN6.C14H13FN6/c1-29(2,3)12-10-17(28)24-25-19(22)18-15-8-6-11-23-20(15)27(26-18)13-14-7-4-5-9-16(14)21;1-2-14-20-16(22-21-14)15-12-7-5-9-19-17(12)24(23-15)10-11-6-3-4-8-13(11)18;15-11-6-2-1-4-9(11)8-21-14-10(5-3-7-18-14)12(20-21)13(16)19-17/h4-9,11H,13H2,1-3H3,(H2,22,25)(H,24,28);1,3-9H,10H2,(H,20,21,22);1-7H,8,17H2,(H2,16,19). The van der Waals surface area contributed by atoms with E-state index in [2.05, 4.69) is 78.4 Å². The highest BCUT2D eigenvalue weighted by molar-refractivity contribution is 6.84. The summed E-state index contributed by atoms with van der Waals surface area (Å²) in [6.45, 7) is 6.79. The fraction of sp³-hybridized carbons (Fsp3) is 0.118. The fourth-order valence-electron chi connectivity index (χ4n) is 7.20. The van der Waals surface area contributed by atoms with Gasteiger partial charge in [-0.2, -0.15) is 35.6 Å². The second kappa shape index (κ2) is 22.4. The van der Waals surface area contributed by atoms with Gasteiger partial charge in [0.1, 0.15) is 42.6 Å². The highest BCUT2D eigenvalue weighted by Gasteiger charge is 2.20. The summed E-state index contributed by atoms with van der Waals surface area (Å²) in [4.78, 5) is 29.0. The van der Waals surface area contributed by atoms with E-state index in [9.17, 15) is 18.0 Å². The van der Waals surface area contributed by atoms with Gasteiger partial charge in [-0.1, -0.05) is 74.2 Å². The number of fused-ring (bicyclic) bond motifs is 3. The molecule has 0 saturated heterocycles. The minimum atomic E-state index is -1.67. The smallest absolute Gasteiger partial charge is 0.315 e. The van der Waals surface area contributed by atoms with Gasteiger partial charge < -0.3 is 17.3 Å². The van der Waals surface area contributed by atoms with E-state index in [1.54, 1.807) is 111 Å². The predicted octanol–water partition coefficient (Wildman–Crippen LogP) is 5.82. The van der Waals surface area contributed by atoms with Gasteiger partial charge in [0, 0.05) is 35.3 Å². The lowest BCUT2D eigenvalue weighted by molar-refractivity contribution is -0.115. The average Bonchev–Trinajstić information content (AvgIpc) is 4.21. The molecular formula is C51H45F3N18OSi. The minimum Gasteiger partial charge on any atom is -0.380 e. The quantitative estimate of drug-likeness (QED) is 0.0271. The van der Waals surface area contributed by atoms with Gasteiger partial charge in [-0.15, -0.1) is 12.0 Å². The monoisotopic (exact) mass is 1010 g/mol. The largest absolute Gasteiger partial charge is 0.380 e. The van der Waals surface area contributed by atoms with Gasteiger partial charge in [-0.05, 0) is 66.4 Å². The maximum absolute atomic E-state index is 14.0. The molecule has 0 aliphatic rings. The van der Waals surface area contributed by atoms with Crippen LogP contribution in [-0.2, 0) is 24.4 Å². The molecule has 10 aromatic rings. The average molecular weight is 1010 g/mol. The molecule has 10 rings (SSSR count). The molecule has 8 N–H and O–H groups in total. The van der Waals surface area contributed by atoms with Crippen LogP contribution in [0.1, 0.15) is 33.9 Å². The zero-order valence-corrected chi connectivity index (χ0v) is 40.9.